The number of hydrogen-bond acceptors (Lipinski definition) is 6. The molecule has 0 saturated carbocycles. The standard InChI is InChI=1S/C77H124O6/c1-4-7-10-13-16-18-20-22-24-26-28-30-32-34-36-37-38-39-41-42-44-46-48-50-52-54-56-58-61-64-67-70-76(79)82-73-74(72-81-75(78)69-66-63-60-15-12-9-6-3)83-77(80)71-68-65-62-59-57-55-53-51-49-47-45-43-40-35-33-31-29-27-25-23-21-19-17-14-11-8-5-2/h7-8,10-11,16-19,22-25,28-31,34-36,38-40,42,44,48,50,74H,4-6,9,12-15,20-21,26-27,32-33,37,41,43,45-47,49,51-73H2,1-3H3/b10-7-,11-8-,18-16-,19-17-,24-22-,25-23-,30-28-,31-29-,36-34-,39-38-,40-35-,44-42-,50-48-. The van der Waals surface area contributed by atoms with Gasteiger partial charge >= 0.3 is 17.9 Å². The molecule has 0 bridgehead atoms. The van der Waals surface area contributed by atoms with Crippen LogP contribution in [-0.2, 0) is 28.6 Å². The first-order chi connectivity index (χ1) is 41.0. The average molecular weight is 1150 g/mol. The Labute approximate surface area is 511 Å². The molecular weight excluding hydrogens is 1020 g/mol. The summed E-state index contributed by atoms with van der Waals surface area (Å²) in [4.78, 5) is 38.2. The second-order valence-electron chi connectivity index (χ2n) is 22.0. The van der Waals surface area contributed by atoms with Crippen LogP contribution >= 0.6 is 0 Å². The number of unbranched alkanes of at least 4 members (excludes halogenated alkanes) is 23. The van der Waals surface area contributed by atoms with Crippen molar-refractivity contribution in [2.75, 3.05) is 13.2 Å². The van der Waals surface area contributed by atoms with Gasteiger partial charge in [0.1, 0.15) is 13.2 Å². The first kappa shape index (κ1) is 78.0. The monoisotopic (exact) mass is 1140 g/mol. The lowest BCUT2D eigenvalue weighted by Gasteiger charge is -2.18. The fourth-order valence-electron chi connectivity index (χ4n) is 9.01. The van der Waals surface area contributed by atoms with Crippen LogP contribution in [-0.4, -0.2) is 37.2 Å². The smallest absolute Gasteiger partial charge is 0.306 e. The van der Waals surface area contributed by atoms with Gasteiger partial charge in [0.15, 0.2) is 6.10 Å². The first-order valence-electron chi connectivity index (χ1n) is 34.0. The number of esters is 3. The lowest BCUT2D eigenvalue weighted by atomic mass is 10.0. The van der Waals surface area contributed by atoms with E-state index >= 15 is 0 Å². The van der Waals surface area contributed by atoms with E-state index in [1.165, 1.54) is 96.3 Å². The third-order valence-corrected chi connectivity index (χ3v) is 14.0. The molecule has 83 heavy (non-hydrogen) atoms. The van der Waals surface area contributed by atoms with Crippen molar-refractivity contribution in [2.45, 2.75) is 297 Å². The van der Waals surface area contributed by atoms with Gasteiger partial charge in [0, 0.05) is 19.3 Å². The van der Waals surface area contributed by atoms with Gasteiger partial charge in [0.05, 0.1) is 0 Å². The largest absolute Gasteiger partial charge is 0.462 e. The minimum Gasteiger partial charge on any atom is -0.462 e. The summed E-state index contributed by atoms with van der Waals surface area (Å²) in [5.74, 6) is -0.912. The Morgan fingerprint density at radius 1 is 0.253 bits per heavy atom. The zero-order valence-electron chi connectivity index (χ0n) is 53.7. The first-order valence-corrected chi connectivity index (χ1v) is 34.0. The Morgan fingerprint density at radius 2 is 0.470 bits per heavy atom. The topological polar surface area (TPSA) is 78.9 Å². The quantitative estimate of drug-likeness (QED) is 0.0261. The zero-order valence-corrected chi connectivity index (χ0v) is 53.7. The second-order valence-corrected chi connectivity index (χ2v) is 22.0. The molecule has 0 heterocycles. The van der Waals surface area contributed by atoms with Gasteiger partial charge in [0.25, 0.3) is 0 Å². The van der Waals surface area contributed by atoms with Crippen LogP contribution in [0.1, 0.15) is 290 Å². The highest BCUT2D eigenvalue weighted by Gasteiger charge is 2.19. The predicted octanol–water partition coefficient (Wildman–Crippen LogP) is 23.7. The molecule has 468 valence electrons. The van der Waals surface area contributed by atoms with Gasteiger partial charge in [-0.15, -0.1) is 0 Å². The van der Waals surface area contributed by atoms with Crippen molar-refractivity contribution in [2.24, 2.45) is 0 Å². The maximum atomic E-state index is 12.9. The summed E-state index contributed by atoms with van der Waals surface area (Å²) in [7, 11) is 0. The second kappa shape index (κ2) is 69.5. The van der Waals surface area contributed by atoms with Crippen molar-refractivity contribution in [3.63, 3.8) is 0 Å². The van der Waals surface area contributed by atoms with Crippen molar-refractivity contribution >= 4 is 17.9 Å². The summed E-state index contributed by atoms with van der Waals surface area (Å²) in [5.41, 5.74) is 0. The van der Waals surface area contributed by atoms with Gasteiger partial charge in [-0.05, 0) is 128 Å². The fraction of sp³-hybridized carbons (Fsp3) is 0.623. The SMILES string of the molecule is CC/C=C\C/C=C\C/C=C\C/C=C\C/C=C\C/C=C\C/C=C\C/C=C\CCCCCCCCC(=O)OCC(COC(=O)CCCCCCCCC)OC(=O)CCCCCCCCCCCCC/C=C\C/C=C\C/C=C\C/C=C\C/C=C\CC. The highest BCUT2D eigenvalue weighted by atomic mass is 16.6. The zero-order chi connectivity index (χ0) is 59.9. The van der Waals surface area contributed by atoms with Crippen LogP contribution in [0.4, 0.5) is 0 Å². The molecule has 0 aromatic heterocycles. The minimum absolute atomic E-state index is 0.0877. The molecule has 0 amide bonds. The van der Waals surface area contributed by atoms with E-state index in [1.54, 1.807) is 0 Å². The van der Waals surface area contributed by atoms with Gasteiger partial charge in [-0.3, -0.25) is 14.4 Å². The lowest BCUT2D eigenvalue weighted by Crippen LogP contribution is -2.30. The van der Waals surface area contributed by atoms with Crippen molar-refractivity contribution in [1.29, 1.82) is 0 Å². The Balaban J connectivity index is 4.19. The average Bonchev–Trinajstić information content (AvgIpc) is 3.50. The van der Waals surface area contributed by atoms with Crippen molar-refractivity contribution in [1.82, 2.24) is 0 Å². The van der Waals surface area contributed by atoms with Gasteiger partial charge in [-0.2, -0.15) is 0 Å². The van der Waals surface area contributed by atoms with Crippen LogP contribution in [0.5, 0.6) is 0 Å². The molecule has 0 aliphatic rings. The van der Waals surface area contributed by atoms with Crippen molar-refractivity contribution < 1.29 is 28.6 Å². The summed E-state index contributed by atoms with van der Waals surface area (Å²) in [6.07, 6.45) is 101. The maximum absolute atomic E-state index is 12.9. The molecule has 0 radical (unpaired) electrons. The van der Waals surface area contributed by atoms with Crippen LogP contribution in [0.15, 0.2) is 158 Å². The minimum atomic E-state index is -0.791. The molecule has 0 saturated heterocycles. The van der Waals surface area contributed by atoms with E-state index in [-0.39, 0.29) is 31.1 Å². The Bertz CT molecular complexity index is 1840. The summed E-state index contributed by atoms with van der Waals surface area (Å²) in [6, 6.07) is 0. The summed E-state index contributed by atoms with van der Waals surface area (Å²) >= 11 is 0. The van der Waals surface area contributed by atoms with Crippen LogP contribution in [0.3, 0.4) is 0 Å². The molecule has 1 atom stereocenters. The molecule has 1 unspecified atom stereocenters. The third kappa shape index (κ3) is 67.7. The normalized spacial score (nSPS) is 13.1. The Hall–Kier alpha value is -4.97. The predicted molar refractivity (Wildman–Crippen MR) is 362 cm³/mol. The van der Waals surface area contributed by atoms with E-state index in [1.807, 2.05) is 0 Å². The molecule has 0 aromatic rings. The van der Waals surface area contributed by atoms with Gasteiger partial charge < -0.3 is 14.2 Å². The van der Waals surface area contributed by atoms with Crippen molar-refractivity contribution in [3.05, 3.63) is 158 Å². The molecule has 0 fully saturated rings. The number of allylic oxidation sites excluding steroid dienone is 26. The molecule has 0 aliphatic carbocycles. The number of carbonyl (C=O) groups excluding carboxylic acids is 3. The molecule has 6 nitrogen and oxygen atoms in total. The molecule has 0 spiro atoms. The highest BCUT2D eigenvalue weighted by molar-refractivity contribution is 5.71. The van der Waals surface area contributed by atoms with Gasteiger partial charge in [-0.1, -0.05) is 301 Å². The number of rotatable bonds is 60. The van der Waals surface area contributed by atoms with E-state index in [0.29, 0.717) is 19.3 Å². The molecule has 6 heteroatoms. The van der Waals surface area contributed by atoms with E-state index < -0.39 is 6.10 Å². The third-order valence-electron chi connectivity index (χ3n) is 14.0. The van der Waals surface area contributed by atoms with E-state index in [0.717, 1.165) is 154 Å². The van der Waals surface area contributed by atoms with Gasteiger partial charge in [-0.25, -0.2) is 0 Å². The molecular formula is C77H124O6. The van der Waals surface area contributed by atoms with Gasteiger partial charge in [0.2, 0.25) is 0 Å². The van der Waals surface area contributed by atoms with Crippen LogP contribution in [0, 0.1) is 0 Å². The lowest BCUT2D eigenvalue weighted by molar-refractivity contribution is -0.167. The van der Waals surface area contributed by atoms with E-state index in [2.05, 4.69) is 179 Å². The van der Waals surface area contributed by atoms with E-state index in [4.69, 9.17) is 14.2 Å². The molecule has 0 N–H and O–H groups in total. The number of carbonyl (C=O) groups is 3. The van der Waals surface area contributed by atoms with Crippen LogP contribution in [0.25, 0.3) is 0 Å². The summed E-state index contributed by atoms with van der Waals surface area (Å²) in [6.45, 7) is 6.36. The summed E-state index contributed by atoms with van der Waals surface area (Å²) < 4.78 is 16.9. The van der Waals surface area contributed by atoms with E-state index in [9.17, 15) is 14.4 Å². The van der Waals surface area contributed by atoms with Crippen LogP contribution in [0.2, 0.25) is 0 Å². The maximum Gasteiger partial charge on any atom is 0.306 e. The molecule has 0 aromatic carbocycles. The fourth-order valence-corrected chi connectivity index (χ4v) is 9.01. The molecule has 0 aliphatic heterocycles. The Kier molecular flexibility index (Phi) is 65.4. The number of hydrogen-bond donors (Lipinski definition) is 0. The highest BCUT2D eigenvalue weighted by Crippen LogP contribution is 2.15. The summed E-state index contributed by atoms with van der Waals surface area (Å²) in [5, 5.41) is 0. The number of ether oxygens (including phenoxy) is 3. The Morgan fingerprint density at radius 3 is 0.735 bits per heavy atom. The van der Waals surface area contributed by atoms with Crippen LogP contribution < -0.4 is 0 Å². The molecule has 0 rings (SSSR count). The van der Waals surface area contributed by atoms with Crippen molar-refractivity contribution in [3.8, 4) is 0 Å².